The molecule has 0 spiro atoms. The van der Waals surface area contributed by atoms with Gasteiger partial charge in [-0.15, -0.1) is 0 Å². The molecular formula is C38H39NO2. The van der Waals surface area contributed by atoms with Gasteiger partial charge in [0, 0.05) is 17.1 Å². The molecule has 0 unspecified atom stereocenters. The van der Waals surface area contributed by atoms with E-state index in [4.69, 9.17) is 4.74 Å². The molecule has 208 valence electrons. The third-order valence-corrected chi connectivity index (χ3v) is 9.68. The Morgan fingerprint density at radius 1 is 0.780 bits per heavy atom. The molecule has 0 bridgehead atoms. The number of carbonyl (C=O) groups excluding carboxylic acids is 1. The second kappa shape index (κ2) is 11.0. The van der Waals surface area contributed by atoms with Crippen LogP contribution in [0.2, 0.25) is 0 Å². The Bertz CT molecular complexity index is 1540. The number of rotatable bonds is 6. The van der Waals surface area contributed by atoms with E-state index in [1.54, 1.807) is 0 Å². The molecule has 2 aliphatic carbocycles. The molecule has 1 saturated carbocycles. The predicted octanol–water partition coefficient (Wildman–Crippen LogP) is 9.51. The number of hydrogen-bond acceptors (Lipinski definition) is 3. The van der Waals surface area contributed by atoms with Crippen molar-refractivity contribution in [1.29, 1.82) is 0 Å². The SMILES string of the molecule is COC(=O)[C@]1(C)CCC[C@]2(C)c3ccc(N(c4ccccc4)c4ccc(/C=C/c5ccccc5)cc4)cc3CC[C@@H]12. The molecule has 0 saturated heterocycles. The van der Waals surface area contributed by atoms with Gasteiger partial charge in [-0.2, -0.15) is 0 Å². The number of fused-ring (bicyclic) bond motifs is 3. The van der Waals surface area contributed by atoms with Crippen molar-refractivity contribution in [3.8, 4) is 0 Å². The first-order valence-corrected chi connectivity index (χ1v) is 14.8. The number of hydrogen-bond donors (Lipinski definition) is 0. The van der Waals surface area contributed by atoms with E-state index >= 15 is 0 Å². The van der Waals surface area contributed by atoms with Gasteiger partial charge in [0.25, 0.3) is 0 Å². The minimum absolute atomic E-state index is 0.0301. The molecule has 3 atom stereocenters. The summed E-state index contributed by atoms with van der Waals surface area (Å²) in [6, 6.07) is 36.8. The Labute approximate surface area is 244 Å². The van der Waals surface area contributed by atoms with Crippen LogP contribution in [0, 0.1) is 11.3 Å². The number of carbonyl (C=O) groups is 1. The van der Waals surface area contributed by atoms with Gasteiger partial charge < -0.3 is 9.64 Å². The molecule has 0 N–H and O–H groups in total. The number of methoxy groups -OCH3 is 1. The van der Waals surface area contributed by atoms with Crippen molar-refractivity contribution in [3.05, 3.63) is 125 Å². The van der Waals surface area contributed by atoms with Crippen LogP contribution in [0.5, 0.6) is 0 Å². The quantitative estimate of drug-likeness (QED) is 0.180. The van der Waals surface area contributed by atoms with E-state index in [-0.39, 0.29) is 17.3 Å². The predicted molar refractivity (Wildman–Crippen MR) is 170 cm³/mol. The molecule has 0 aliphatic heterocycles. The molecule has 0 heterocycles. The molecule has 41 heavy (non-hydrogen) atoms. The van der Waals surface area contributed by atoms with Crippen LogP contribution in [-0.4, -0.2) is 13.1 Å². The molecule has 4 aromatic carbocycles. The molecule has 1 fully saturated rings. The Balaban J connectivity index is 1.35. The lowest BCUT2D eigenvalue weighted by atomic mass is 9.50. The summed E-state index contributed by atoms with van der Waals surface area (Å²) in [5, 5.41) is 0. The zero-order chi connectivity index (χ0) is 28.5. The number of aryl methyl sites for hydroxylation is 1. The fourth-order valence-corrected chi connectivity index (χ4v) is 7.61. The molecule has 0 radical (unpaired) electrons. The standard InChI is InChI=1S/C38H39NO2/c1-37-25-10-26-38(2,36(40)41-3)35(37)24-19-30-27-33(22-23-34(30)37)39(31-13-8-5-9-14-31)32-20-17-29(18-21-32)16-15-28-11-6-4-7-12-28/h4-9,11-18,20-23,27,35H,10,19,24-26H2,1-3H3/b16-15+/t35-,37-,38-/m1/s1. The van der Waals surface area contributed by atoms with Gasteiger partial charge in [-0.25, -0.2) is 0 Å². The van der Waals surface area contributed by atoms with Crippen molar-refractivity contribution in [1.82, 2.24) is 0 Å². The molecule has 3 nitrogen and oxygen atoms in total. The number of nitrogens with zero attached hydrogens (tertiary/aromatic N) is 1. The zero-order valence-electron chi connectivity index (χ0n) is 24.3. The van der Waals surface area contributed by atoms with Crippen molar-refractivity contribution < 1.29 is 9.53 Å². The van der Waals surface area contributed by atoms with Crippen molar-refractivity contribution >= 4 is 35.2 Å². The van der Waals surface area contributed by atoms with Crippen LogP contribution >= 0.6 is 0 Å². The maximum absolute atomic E-state index is 13.0. The van der Waals surface area contributed by atoms with Crippen LogP contribution in [0.3, 0.4) is 0 Å². The fourth-order valence-electron chi connectivity index (χ4n) is 7.61. The van der Waals surface area contributed by atoms with Gasteiger partial charge in [-0.05, 0) is 103 Å². The number of anilines is 3. The number of benzene rings is 4. The van der Waals surface area contributed by atoms with Crippen molar-refractivity contribution in [2.24, 2.45) is 11.3 Å². The lowest BCUT2D eigenvalue weighted by Gasteiger charge is -2.54. The minimum atomic E-state index is -0.426. The van der Waals surface area contributed by atoms with E-state index in [1.807, 2.05) is 6.07 Å². The van der Waals surface area contributed by atoms with E-state index in [0.717, 1.165) is 49.2 Å². The highest BCUT2D eigenvalue weighted by Gasteiger charge is 2.55. The number of esters is 1. The highest BCUT2D eigenvalue weighted by Crippen LogP contribution is 2.58. The third kappa shape index (κ3) is 4.99. The summed E-state index contributed by atoms with van der Waals surface area (Å²) in [7, 11) is 1.53. The van der Waals surface area contributed by atoms with Crippen LogP contribution < -0.4 is 4.90 Å². The smallest absolute Gasteiger partial charge is 0.311 e. The summed E-state index contributed by atoms with van der Waals surface area (Å²) in [6.45, 7) is 4.52. The Kier molecular flexibility index (Phi) is 7.30. The molecule has 0 amide bonds. The van der Waals surface area contributed by atoms with Gasteiger partial charge in [-0.3, -0.25) is 4.79 Å². The zero-order valence-corrected chi connectivity index (χ0v) is 24.3. The van der Waals surface area contributed by atoms with Crippen LogP contribution in [0.4, 0.5) is 17.1 Å². The summed E-state index contributed by atoms with van der Waals surface area (Å²) in [5.74, 6) is 0.238. The summed E-state index contributed by atoms with van der Waals surface area (Å²) in [4.78, 5) is 15.3. The summed E-state index contributed by atoms with van der Waals surface area (Å²) in [5.41, 5.74) is 8.14. The minimum Gasteiger partial charge on any atom is -0.469 e. The average molecular weight is 542 g/mol. The summed E-state index contributed by atoms with van der Waals surface area (Å²) < 4.78 is 5.32. The van der Waals surface area contributed by atoms with Crippen LogP contribution in [0.25, 0.3) is 12.2 Å². The first kappa shape index (κ1) is 27.1. The van der Waals surface area contributed by atoms with Gasteiger partial charge in [-0.1, -0.05) is 92.2 Å². The topological polar surface area (TPSA) is 29.5 Å². The van der Waals surface area contributed by atoms with Gasteiger partial charge in [0.1, 0.15) is 0 Å². The van der Waals surface area contributed by atoms with Gasteiger partial charge in [0.2, 0.25) is 0 Å². The van der Waals surface area contributed by atoms with Crippen molar-refractivity contribution in [3.63, 3.8) is 0 Å². The largest absolute Gasteiger partial charge is 0.469 e. The molecular weight excluding hydrogens is 502 g/mol. The van der Waals surface area contributed by atoms with E-state index in [1.165, 1.54) is 29.4 Å². The first-order valence-electron chi connectivity index (χ1n) is 14.8. The number of para-hydroxylation sites is 1. The highest BCUT2D eigenvalue weighted by molar-refractivity contribution is 5.80. The first-order chi connectivity index (χ1) is 19.9. The normalized spacial score (nSPS) is 23.4. The Morgan fingerprint density at radius 3 is 2.07 bits per heavy atom. The van der Waals surface area contributed by atoms with Crippen LogP contribution in [-0.2, 0) is 21.4 Å². The Hall–Kier alpha value is -4.11. The Morgan fingerprint density at radius 2 is 1.39 bits per heavy atom. The maximum atomic E-state index is 13.0. The van der Waals surface area contributed by atoms with E-state index in [9.17, 15) is 4.79 Å². The van der Waals surface area contributed by atoms with E-state index < -0.39 is 5.41 Å². The fraction of sp³-hybridized carbons (Fsp3) is 0.289. The molecule has 0 aromatic heterocycles. The monoisotopic (exact) mass is 541 g/mol. The molecule has 6 rings (SSSR count). The van der Waals surface area contributed by atoms with E-state index in [0.29, 0.717) is 0 Å². The van der Waals surface area contributed by atoms with Gasteiger partial charge >= 0.3 is 5.97 Å². The maximum Gasteiger partial charge on any atom is 0.311 e. The number of ether oxygens (including phenoxy) is 1. The second-order valence-electron chi connectivity index (χ2n) is 12.1. The van der Waals surface area contributed by atoms with E-state index in [2.05, 4.69) is 128 Å². The van der Waals surface area contributed by atoms with Gasteiger partial charge in [0.05, 0.1) is 12.5 Å². The van der Waals surface area contributed by atoms with Crippen LogP contribution in [0.15, 0.2) is 103 Å². The molecule has 4 aromatic rings. The summed E-state index contributed by atoms with van der Waals surface area (Å²) >= 11 is 0. The lowest BCUT2D eigenvalue weighted by molar-refractivity contribution is -0.161. The van der Waals surface area contributed by atoms with Gasteiger partial charge in [0.15, 0.2) is 0 Å². The average Bonchev–Trinajstić information content (AvgIpc) is 3.01. The molecule has 3 heteroatoms. The second-order valence-corrected chi connectivity index (χ2v) is 12.1. The van der Waals surface area contributed by atoms with Crippen molar-refractivity contribution in [2.45, 2.75) is 51.4 Å². The lowest BCUT2D eigenvalue weighted by Crippen LogP contribution is -2.52. The highest BCUT2D eigenvalue weighted by atomic mass is 16.5. The molecule has 2 aliphatic rings. The summed E-state index contributed by atoms with van der Waals surface area (Å²) in [6.07, 6.45) is 9.35. The third-order valence-electron chi connectivity index (χ3n) is 9.68. The van der Waals surface area contributed by atoms with Crippen LogP contribution in [0.1, 0.15) is 61.8 Å². The van der Waals surface area contributed by atoms with Crippen molar-refractivity contribution in [2.75, 3.05) is 12.0 Å².